The summed E-state index contributed by atoms with van der Waals surface area (Å²) in [4.78, 5) is 4.11. The van der Waals surface area contributed by atoms with Crippen LogP contribution in [0.2, 0.25) is 0 Å². The van der Waals surface area contributed by atoms with Gasteiger partial charge in [0, 0.05) is 17.8 Å². The van der Waals surface area contributed by atoms with Crippen LogP contribution in [0.1, 0.15) is 25.3 Å². The standard InChI is InChI=1S/C17H17F2NO/c1-2-3-10-21-16-9-4-13(17(19)11-16)12-20-15-7-5-14(18)6-8-15/h4-9,11-12H,2-3,10H2,1H3/b20-12+. The average molecular weight is 289 g/mol. The molecule has 2 aromatic rings. The number of unbranched alkanes of at least 4 members (excludes halogenated alkanes) is 1. The smallest absolute Gasteiger partial charge is 0.135 e. The highest BCUT2D eigenvalue weighted by atomic mass is 19.1. The molecule has 2 rings (SSSR count). The lowest BCUT2D eigenvalue weighted by molar-refractivity contribution is 0.308. The van der Waals surface area contributed by atoms with Gasteiger partial charge in [0.05, 0.1) is 12.3 Å². The number of aliphatic imine (C=N–C) groups is 1. The van der Waals surface area contributed by atoms with Crippen LogP contribution in [0.5, 0.6) is 5.75 Å². The molecule has 0 aliphatic heterocycles. The Kier molecular flexibility index (Phi) is 5.43. The number of hydrogen-bond donors (Lipinski definition) is 0. The van der Waals surface area contributed by atoms with Gasteiger partial charge in [0.25, 0.3) is 0 Å². The first-order valence-electron chi connectivity index (χ1n) is 6.91. The summed E-state index contributed by atoms with van der Waals surface area (Å²) in [5.41, 5.74) is 0.932. The summed E-state index contributed by atoms with van der Waals surface area (Å²) < 4.78 is 32.1. The molecule has 0 spiro atoms. The Morgan fingerprint density at radius 2 is 1.86 bits per heavy atom. The molecule has 0 unspecified atom stereocenters. The van der Waals surface area contributed by atoms with E-state index in [1.165, 1.54) is 36.5 Å². The van der Waals surface area contributed by atoms with Gasteiger partial charge in [0.15, 0.2) is 0 Å². The van der Waals surface area contributed by atoms with Gasteiger partial charge in [-0.15, -0.1) is 0 Å². The minimum absolute atomic E-state index is 0.325. The van der Waals surface area contributed by atoms with Crippen LogP contribution < -0.4 is 4.74 Å². The number of nitrogens with zero attached hydrogens (tertiary/aromatic N) is 1. The molecule has 0 aliphatic rings. The van der Waals surface area contributed by atoms with Gasteiger partial charge in [-0.1, -0.05) is 13.3 Å². The van der Waals surface area contributed by atoms with Gasteiger partial charge in [0.2, 0.25) is 0 Å². The summed E-state index contributed by atoms with van der Waals surface area (Å²) in [6.45, 7) is 2.65. The largest absolute Gasteiger partial charge is 0.493 e. The van der Waals surface area contributed by atoms with Crippen LogP contribution in [0.15, 0.2) is 47.5 Å². The molecule has 0 radical (unpaired) electrons. The van der Waals surface area contributed by atoms with Gasteiger partial charge in [-0.25, -0.2) is 8.78 Å². The molecule has 0 N–H and O–H groups in total. The van der Waals surface area contributed by atoms with Crippen LogP contribution in [0.4, 0.5) is 14.5 Å². The molecule has 0 fully saturated rings. The number of halogens is 2. The number of rotatable bonds is 6. The van der Waals surface area contributed by atoms with Gasteiger partial charge in [-0.2, -0.15) is 0 Å². The molecule has 0 bridgehead atoms. The minimum Gasteiger partial charge on any atom is -0.493 e. The second-order valence-corrected chi connectivity index (χ2v) is 4.62. The van der Waals surface area contributed by atoms with Crippen molar-refractivity contribution in [3.05, 3.63) is 59.7 Å². The minimum atomic E-state index is -0.394. The normalized spacial score (nSPS) is 11.0. The van der Waals surface area contributed by atoms with Crippen LogP contribution in [0.25, 0.3) is 0 Å². The van der Waals surface area contributed by atoms with Crippen molar-refractivity contribution >= 4 is 11.9 Å². The van der Waals surface area contributed by atoms with Crippen molar-refractivity contribution in [2.45, 2.75) is 19.8 Å². The van der Waals surface area contributed by atoms with E-state index in [0.29, 0.717) is 23.6 Å². The molecule has 21 heavy (non-hydrogen) atoms. The zero-order valence-electron chi connectivity index (χ0n) is 11.9. The van der Waals surface area contributed by atoms with Crippen molar-refractivity contribution in [1.29, 1.82) is 0 Å². The Bertz CT molecular complexity index is 609. The van der Waals surface area contributed by atoms with Crippen molar-refractivity contribution in [1.82, 2.24) is 0 Å². The van der Waals surface area contributed by atoms with Crippen molar-refractivity contribution in [2.24, 2.45) is 4.99 Å². The maximum absolute atomic E-state index is 13.9. The molecular formula is C17H17F2NO. The summed E-state index contributed by atoms with van der Waals surface area (Å²) in [6.07, 6.45) is 3.39. The topological polar surface area (TPSA) is 21.6 Å². The molecule has 0 aromatic heterocycles. The first kappa shape index (κ1) is 15.2. The lowest BCUT2D eigenvalue weighted by Gasteiger charge is -2.06. The fraction of sp³-hybridized carbons (Fsp3) is 0.235. The van der Waals surface area contributed by atoms with E-state index in [9.17, 15) is 8.78 Å². The maximum Gasteiger partial charge on any atom is 0.135 e. The Hall–Kier alpha value is -2.23. The van der Waals surface area contributed by atoms with E-state index in [-0.39, 0.29) is 5.82 Å². The van der Waals surface area contributed by atoms with Gasteiger partial charge in [0.1, 0.15) is 17.4 Å². The molecule has 2 nitrogen and oxygen atoms in total. The van der Waals surface area contributed by atoms with E-state index in [0.717, 1.165) is 12.8 Å². The van der Waals surface area contributed by atoms with Gasteiger partial charge >= 0.3 is 0 Å². The zero-order valence-corrected chi connectivity index (χ0v) is 11.9. The van der Waals surface area contributed by atoms with Crippen molar-refractivity contribution in [2.75, 3.05) is 6.61 Å². The summed E-state index contributed by atoms with van der Waals surface area (Å²) in [5, 5.41) is 0. The molecule has 0 amide bonds. The van der Waals surface area contributed by atoms with Crippen LogP contribution in [0, 0.1) is 11.6 Å². The van der Waals surface area contributed by atoms with Crippen molar-refractivity contribution in [3.8, 4) is 5.75 Å². The molecule has 110 valence electrons. The van der Waals surface area contributed by atoms with E-state index in [2.05, 4.69) is 11.9 Å². The lowest BCUT2D eigenvalue weighted by Crippen LogP contribution is -1.98. The fourth-order valence-corrected chi connectivity index (χ4v) is 1.71. The second kappa shape index (κ2) is 7.53. The van der Waals surface area contributed by atoms with Crippen molar-refractivity contribution in [3.63, 3.8) is 0 Å². The summed E-state index contributed by atoms with van der Waals surface area (Å²) in [5.74, 6) is -0.205. The molecule has 0 saturated carbocycles. The molecule has 2 aromatic carbocycles. The Morgan fingerprint density at radius 3 is 2.52 bits per heavy atom. The first-order chi connectivity index (χ1) is 10.2. The summed E-state index contributed by atoms with van der Waals surface area (Å²) in [6, 6.07) is 10.4. The molecule has 0 heterocycles. The van der Waals surface area contributed by atoms with E-state index in [1.807, 2.05) is 0 Å². The van der Waals surface area contributed by atoms with Crippen LogP contribution in [0.3, 0.4) is 0 Å². The average Bonchev–Trinajstić information content (AvgIpc) is 2.48. The number of benzene rings is 2. The summed E-state index contributed by atoms with van der Waals surface area (Å²) >= 11 is 0. The SMILES string of the molecule is CCCCOc1ccc(/C=N/c2ccc(F)cc2)c(F)c1. The van der Waals surface area contributed by atoms with E-state index >= 15 is 0 Å². The third-order valence-corrected chi connectivity index (χ3v) is 2.92. The zero-order chi connectivity index (χ0) is 15.1. The van der Waals surface area contributed by atoms with E-state index < -0.39 is 5.82 Å². The molecule has 0 saturated heterocycles. The fourth-order valence-electron chi connectivity index (χ4n) is 1.71. The first-order valence-corrected chi connectivity index (χ1v) is 6.91. The lowest BCUT2D eigenvalue weighted by atomic mass is 10.2. The third-order valence-electron chi connectivity index (χ3n) is 2.92. The Labute approximate surface area is 123 Å². The second-order valence-electron chi connectivity index (χ2n) is 4.62. The highest BCUT2D eigenvalue weighted by Crippen LogP contribution is 2.17. The predicted octanol–water partition coefficient (Wildman–Crippen LogP) is 4.89. The van der Waals surface area contributed by atoms with Gasteiger partial charge < -0.3 is 4.74 Å². The highest BCUT2D eigenvalue weighted by molar-refractivity contribution is 5.82. The molecule has 4 heteroatoms. The van der Waals surface area contributed by atoms with Crippen LogP contribution in [-0.4, -0.2) is 12.8 Å². The van der Waals surface area contributed by atoms with Crippen LogP contribution in [-0.2, 0) is 0 Å². The molecule has 0 atom stereocenters. The predicted molar refractivity (Wildman–Crippen MR) is 80.5 cm³/mol. The quantitative estimate of drug-likeness (QED) is 0.548. The van der Waals surface area contributed by atoms with E-state index in [1.54, 1.807) is 12.1 Å². The van der Waals surface area contributed by atoms with Gasteiger partial charge in [-0.05, 0) is 42.8 Å². The molecule has 0 aliphatic carbocycles. The highest BCUT2D eigenvalue weighted by Gasteiger charge is 2.02. The number of ether oxygens (including phenoxy) is 1. The number of hydrogen-bond acceptors (Lipinski definition) is 2. The van der Waals surface area contributed by atoms with E-state index in [4.69, 9.17) is 4.74 Å². The maximum atomic E-state index is 13.9. The third kappa shape index (κ3) is 4.67. The monoisotopic (exact) mass is 289 g/mol. The Balaban J connectivity index is 2.05. The molecular weight excluding hydrogens is 272 g/mol. The van der Waals surface area contributed by atoms with Crippen molar-refractivity contribution < 1.29 is 13.5 Å². The van der Waals surface area contributed by atoms with Gasteiger partial charge in [-0.3, -0.25) is 4.99 Å². The summed E-state index contributed by atoms with van der Waals surface area (Å²) in [7, 11) is 0. The Morgan fingerprint density at radius 1 is 1.10 bits per heavy atom. The van der Waals surface area contributed by atoms with Crippen LogP contribution >= 0.6 is 0 Å².